The largest absolute Gasteiger partial charge is 0.379 e. The quantitative estimate of drug-likeness (QED) is 0.845. The van der Waals surface area contributed by atoms with Crippen molar-refractivity contribution in [1.82, 2.24) is 5.32 Å². The summed E-state index contributed by atoms with van der Waals surface area (Å²) < 4.78 is 30.2. The molecule has 0 radical (unpaired) electrons. The van der Waals surface area contributed by atoms with Gasteiger partial charge in [-0.3, -0.25) is 4.79 Å². The van der Waals surface area contributed by atoms with Gasteiger partial charge in [0.25, 0.3) is 5.91 Å². The Hall–Kier alpha value is -2.05. The molecular formula is C17H16ClNO4S. The Bertz CT molecular complexity index is 909. The standard InChI is InChI=1S/C17H16ClNO4S/c1-2-11-9-13(4-6-16(11)18)23-24(21,22)14-5-3-12-7-8-19-17(20)15(12)10-14/h3-6,9-10H,2,7-8H2,1H3,(H,19,20). The van der Waals surface area contributed by atoms with E-state index >= 15 is 0 Å². The fourth-order valence-corrected chi connectivity index (χ4v) is 3.80. The molecular weight excluding hydrogens is 350 g/mol. The molecule has 5 nitrogen and oxygen atoms in total. The zero-order valence-electron chi connectivity index (χ0n) is 13.0. The van der Waals surface area contributed by atoms with E-state index in [4.69, 9.17) is 15.8 Å². The molecule has 0 saturated carbocycles. The van der Waals surface area contributed by atoms with Gasteiger partial charge in [0.2, 0.25) is 0 Å². The first-order valence-corrected chi connectivity index (χ1v) is 9.33. The number of rotatable bonds is 4. The van der Waals surface area contributed by atoms with Crippen molar-refractivity contribution in [1.29, 1.82) is 0 Å². The summed E-state index contributed by atoms with van der Waals surface area (Å²) in [5, 5.41) is 3.26. The van der Waals surface area contributed by atoms with Gasteiger partial charge in [-0.25, -0.2) is 0 Å². The van der Waals surface area contributed by atoms with Gasteiger partial charge in [0.05, 0.1) is 0 Å². The second-order valence-electron chi connectivity index (χ2n) is 5.47. The van der Waals surface area contributed by atoms with Crippen LogP contribution < -0.4 is 9.50 Å². The third-order valence-corrected chi connectivity index (χ3v) is 5.51. The number of hydrogen-bond acceptors (Lipinski definition) is 4. The highest BCUT2D eigenvalue weighted by molar-refractivity contribution is 7.87. The van der Waals surface area contributed by atoms with E-state index < -0.39 is 10.1 Å². The van der Waals surface area contributed by atoms with Crippen LogP contribution in [0.2, 0.25) is 5.02 Å². The van der Waals surface area contributed by atoms with Crippen molar-refractivity contribution in [2.24, 2.45) is 0 Å². The van der Waals surface area contributed by atoms with Crippen LogP contribution in [0.4, 0.5) is 0 Å². The average molecular weight is 366 g/mol. The maximum Gasteiger partial charge on any atom is 0.339 e. The summed E-state index contributed by atoms with van der Waals surface area (Å²) in [5.74, 6) is -0.0773. The van der Waals surface area contributed by atoms with Gasteiger partial charge in [-0.1, -0.05) is 24.6 Å². The Labute approximate surface area is 145 Å². The Balaban J connectivity index is 1.94. The fraction of sp³-hybridized carbons (Fsp3) is 0.235. The monoisotopic (exact) mass is 365 g/mol. The summed E-state index contributed by atoms with van der Waals surface area (Å²) in [4.78, 5) is 11.8. The molecule has 0 bridgehead atoms. The van der Waals surface area contributed by atoms with E-state index in [-0.39, 0.29) is 16.6 Å². The molecule has 1 N–H and O–H groups in total. The minimum atomic E-state index is -4.03. The van der Waals surface area contributed by atoms with Crippen LogP contribution in [-0.2, 0) is 23.0 Å². The molecule has 0 atom stereocenters. The smallest absolute Gasteiger partial charge is 0.339 e. The summed E-state index contributed by atoms with van der Waals surface area (Å²) in [5.41, 5.74) is 2.00. The lowest BCUT2D eigenvalue weighted by atomic mass is 10.0. The highest BCUT2D eigenvalue weighted by Crippen LogP contribution is 2.26. The van der Waals surface area contributed by atoms with E-state index in [1.54, 1.807) is 18.2 Å². The number of carbonyl (C=O) groups excluding carboxylic acids is 1. The highest BCUT2D eigenvalue weighted by atomic mass is 35.5. The minimum absolute atomic E-state index is 0.0497. The number of amides is 1. The maximum atomic E-state index is 12.5. The Kier molecular flexibility index (Phi) is 4.51. The van der Waals surface area contributed by atoms with Crippen LogP contribution in [0.15, 0.2) is 41.3 Å². The van der Waals surface area contributed by atoms with Crippen LogP contribution >= 0.6 is 11.6 Å². The molecule has 1 aliphatic heterocycles. The molecule has 2 aromatic rings. The molecule has 2 aromatic carbocycles. The lowest BCUT2D eigenvalue weighted by molar-refractivity contribution is 0.0945. The van der Waals surface area contributed by atoms with Crippen molar-refractivity contribution in [3.63, 3.8) is 0 Å². The topological polar surface area (TPSA) is 72.5 Å². The van der Waals surface area contributed by atoms with Crippen LogP contribution in [0, 0.1) is 0 Å². The number of hydrogen-bond donors (Lipinski definition) is 1. The molecule has 0 saturated heterocycles. The van der Waals surface area contributed by atoms with E-state index in [9.17, 15) is 13.2 Å². The molecule has 126 valence electrons. The summed E-state index contributed by atoms with van der Waals surface area (Å²) in [7, 11) is -4.03. The molecule has 0 spiro atoms. The Morgan fingerprint density at radius 2 is 2.00 bits per heavy atom. The van der Waals surface area contributed by atoms with Gasteiger partial charge in [0.15, 0.2) is 0 Å². The third kappa shape index (κ3) is 3.25. The number of halogens is 1. The molecule has 0 aromatic heterocycles. The molecule has 0 aliphatic carbocycles. The van der Waals surface area contributed by atoms with Crippen LogP contribution in [0.1, 0.15) is 28.4 Å². The van der Waals surface area contributed by atoms with E-state index in [0.717, 1.165) is 11.1 Å². The fourth-order valence-electron chi connectivity index (χ4n) is 2.60. The van der Waals surface area contributed by atoms with E-state index in [2.05, 4.69) is 5.32 Å². The number of aryl methyl sites for hydroxylation is 1. The van der Waals surface area contributed by atoms with Gasteiger partial charge in [-0.05, 0) is 54.3 Å². The second-order valence-corrected chi connectivity index (χ2v) is 7.42. The molecule has 0 unspecified atom stereocenters. The van der Waals surface area contributed by atoms with E-state index in [1.165, 1.54) is 18.2 Å². The lowest BCUT2D eigenvalue weighted by Gasteiger charge is -2.17. The summed E-state index contributed by atoms with van der Waals surface area (Å²) in [6.45, 7) is 2.47. The number of fused-ring (bicyclic) bond motifs is 1. The molecule has 3 rings (SSSR count). The Morgan fingerprint density at radius 1 is 1.21 bits per heavy atom. The molecule has 1 heterocycles. The predicted octanol–water partition coefficient (Wildman–Crippen LogP) is 2.96. The van der Waals surface area contributed by atoms with Crippen molar-refractivity contribution in [2.45, 2.75) is 24.7 Å². The van der Waals surface area contributed by atoms with Crippen LogP contribution in [0.25, 0.3) is 0 Å². The number of benzene rings is 2. The normalized spacial score (nSPS) is 14.0. The Morgan fingerprint density at radius 3 is 2.75 bits per heavy atom. The van der Waals surface area contributed by atoms with Gasteiger partial charge in [0.1, 0.15) is 10.6 Å². The molecule has 1 aliphatic rings. The van der Waals surface area contributed by atoms with Gasteiger partial charge in [-0.15, -0.1) is 0 Å². The van der Waals surface area contributed by atoms with Crippen molar-refractivity contribution < 1.29 is 17.4 Å². The van der Waals surface area contributed by atoms with Crippen molar-refractivity contribution in [2.75, 3.05) is 6.54 Å². The second kappa shape index (κ2) is 6.45. The molecule has 0 fully saturated rings. The van der Waals surface area contributed by atoms with Crippen LogP contribution in [0.3, 0.4) is 0 Å². The zero-order chi connectivity index (χ0) is 17.3. The average Bonchev–Trinajstić information content (AvgIpc) is 2.56. The maximum absolute atomic E-state index is 12.5. The molecule has 7 heteroatoms. The van der Waals surface area contributed by atoms with Crippen LogP contribution in [0.5, 0.6) is 5.75 Å². The summed E-state index contributed by atoms with van der Waals surface area (Å²) in [6.07, 6.45) is 1.34. The first-order chi connectivity index (χ1) is 11.4. The van der Waals surface area contributed by atoms with Crippen molar-refractivity contribution >= 4 is 27.6 Å². The molecule has 1 amide bonds. The summed E-state index contributed by atoms with van der Waals surface area (Å²) >= 11 is 6.03. The first-order valence-electron chi connectivity index (χ1n) is 7.55. The van der Waals surface area contributed by atoms with Crippen molar-refractivity contribution in [3.05, 3.63) is 58.1 Å². The van der Waals surface area contributed by atoms with E-state index in [1.807, 2.05) is 6.92 Å². The van der Waals surface area contributed by atoms with Crippen LogP contribution in [-0.4, -0.2) is 20.9 Å². The summed E-state index contributed by atoms with van der Waals surface area (Å²) in [6, 6.07) is 9.18. The SMILES string of the molecule is CCc1cc(OS(=O)(=O)c2ccc3c(c2)C(=O)NCC3)ccc1Cl. The van der Waals surface area contributed by atoms with E-state index in [0.29, 0.717) is 30.0 Å². The van der Waals surface area contributed by atoms with Gasteiger partial charge < -0.3 is 9.50 Å². The first kappa shape index (κ1) is 16.8. The zero-order valence-corrected chi connectivity index (χ0v) is 14.6. The number of carbonyl (C=O) groups is 1. The lowest BCUT2D eigenvalue weighted by Crippen LogP contribution is -2.32. The molecule has 24 heavy (non-hydrogen) atoms. The minimum Gasteiger partial charge on any atom is -0.379 e. The van der Waals surface area contributed by atoms with Crippen molar-refractivity contribution in [3.8, 4) is 5.75 Å². The number of nitrogens with one attached hydrogen (secondary N) is 1. The van der Waals surface area contributed by atoms with Gasteiger partial charge >= 0.3 is 10.1 Å². The van der Waals surface area contributed by atoms with Gasteiger partial charge in [-0.2, -0.15) is 8.42 Å². The highest BCUT2D eigenvalue weighted by Gasteiger charge is 2.23. The van der Waals surface area contributed by atoms with Gasteiger partial charge in [0, 0.05) is 17.1 Å². The third-order valence-electron chi connectivity index (χ3n) is 3.90. The predicted molar refractivity (Wildman–Crippen MR) is 91.1 cm³/mol.